The number of aromatic nitrogens is 1. The van der Waals surface area contributed by atoms with Crippen molar-refractivity contribution in [1.29, 1.82) is 0 Å². The van der Waals surface area contributed by atoms with E-state index < -0.39 is 0 Å². The molecular weight excluding hydrogens is 254 g/mol. The smallest absolute Gasteiger partial charge is 0.242 e. The number of hydrogen-bond acceptors (Lipinski definition) is 3. The number of nitrogens with zero attached hydrogens (tertiary/aromatic N) is 2. The first-order valence-electron chi connectivity index (χ1n) is 6.60. The maximum Gasteiger partial charge on any atom is 0.242 e. The van der Waals surface area contributed by atoms with Crippen molar-refractivity contribution >= 4 is 22.7 Å². The van der Waals surface area contributed by atoms with Crippen LogP contribution in [-0.2, 0) is 16.1 Å². The van der Waals surface area contributed by atoms with E-state index in [2.05, 4.69) is 10.3 Å². The van der Waals surface area contributed by atoms with Gasteiger partial charge in [-0.3, -0.25) is 14.6 Å². The van der Waals surface area contributed by atoms with Gasteiger partial charge in [-0.15, -0.1) is 0 Å². The molecule has 1 aliphatic heterocycles. The van der Waals surface area contributed by atoms with E-state index in [0.29, 0.717) is 19.5 Å². The van der Waals surface area contributed by atoms with Crippen LogP contribution in [-0.4, -0.2) is 34.8 Å². The summed E-state index contributed by atoms with van der Waals surface area (Å²) in [5, 5.41) is 3.66. The molecule has 5 heteroatoms. The fraction of sp³-hybridized carbons (Fsp3) is 0.267. The minimum Gasteiger partial charge on any atom is -0.347 e. The second kappa shape index (κ2) is 5.28. The summed E-state index contributed by atoms with van der Waals surface area (Å²) < 4.78 is 0. The molecule has 1 aromatic carbocycles. The maximum absolute atomic E-state index is 11.9. The minimum absolute atomic E-state index is 0.0397. The van der Waals surface area contributed by atoms with E-state index in [9.17, 15) is 9.59 Å². The largest absolute Gasteiger partial charge is 0.347 e. The molecule has 0 aliphatic carbocycles. The van der Waals surface area contributed by atoms with Crippen LogP contribution in [0.5, 0.6) is 0 Å². The van der Waals surface area contributed by atoms with Gasteiger partial charge in [-0.1, -0.05) is 12.1 Å². The van der Waals surface area contributed by atoms with Gasteiger partial charge in [-0.05, 0) is 23.8 Å². The molecule has 20 heavy (non-hydrogen) atoms. The molecule has 0 spiro atoms. The number of amides is 2. The van der Waals surface area contributed by atoms with Gasteiger partial charge in [-0.2, -0.15) is 0 Å². The van der Waals surface area contributed by atoms with Crippen molar-refractivity contribution in [2.75, 3.05) is 13.1 Å². The van der Waals surface area contributed by atoms with Crippen LogP contribution in [0.1, 0.15) is 12.0 Å². The molecule has 1 N–H and O–H groups in total. The lowest BCUT2D eigenvalue weighted by Crippen LogP contribution is -2.34. The summed E-state index contributed by atoms with van der Waals surface area (Å²) in [7, 11) is 0. The molecular formula is C15H15N3O2. The second-order valence-corrected chi connectivity index (χ2v) is 4.87. The van der Waals surface area contributed by atoms with E-state index in [4.69, 9.17) is 0 Å². The number of hydrogen-bond donors (Lipinski definition) is 1. The maximum atomic E-state index is 11.9. The van der Waals surface area contributed by atoms with Gasteiger partial charge in [0.15, 0.2) is 0 Å². The lowest BCUT2D eigenvalue weighted by atomic mass is 10.1. The summed E-state index contributed by atoms with van der Waals surface area (Å²) >= 11 is 0. The van der Waals surface area contributed by atoms with Crippen LogP contribution in [0.15, 0.2) is 36.5 Å². The highest BCUT2D eigenvalue weighted by molar-refractivity contribution is 5.87. The molecule has 1 aromatic heterocycles. The van der Waals surface area contributed by atoms with Gasteiger partial charge >= 0.3 is 0 Å². The number of nitrogens with one attached hydrogen (secondary N) is 1. The van der Waals surface area contributed by atoms with Crippen LogP contribution < -0.4 is 5.32 Å². The van der Waals surface area contributed by atoms with Crippen LogP contribution in [0, 0.1) is 0 Å². The summed E-state index contributed by atoms with van der Waals surface area (Å²) in [5.41, 5.74) is 1.99. The summed E-state index contributed by atoms with van der Waals surface area (Å²) in [6.07, 6.45) is 2.12. The highest BCUT2D eigenvalue weighted by Gasteiger charge is 2.19. The Bertz CT molecular complexity index is 669. The van der Waals surface area contributed by atoms with Crippen LogP contribution in [0.2, 0.25) is 0 Å². The zero-order valence-electron chi connectivity index (χ0n) is 11.0. The number of rotatable bonds is 2. The number of carbonyl (C=O) groups is 2. The summed E-state index contributed by atoms with van der Waals surface area (Å²) in [5.74, 6) is -0.106. The summed E-state index contributed by atoms with van der Waals surface area (Å²) in [4.78, 5) is 29.2. The number of carbonyl (C=O) groups excluding carboxylic acids is 2. The van der Waals surface area contributed by atoms with Crippen LogP contribution in [0.3, 0.4) is 0 Å². The Morgan fingerprint density at radius 1 is 1.25 bits per heavy atom. The Hall–Kier alpha value is -2.43. The van der Waals surface area contributed by atoms with E-state index in [1.807, 2.05) is 30.3 Å². The van der Waals surface area contributed by atoms with Crippen molar-refractivity contribution in [2.24, 2.45) is 0 Å². The minimum atomic E-state index is -0.0661. The number of fused-ring (bicyclic) bond motifs is 1. The SMILES string of the molecule is O=C1CCN(Cc2ccc3ncccc3c2)C(=O)CN1. The molecule has 0 radical (unpaired) electrons. The molecule has 1 fully saturated rings. The van der Waals surface area contributed by atoms with Crippen LogP contribution in [0.4, 0.5) is 0 Å². The average molecular weight is 269 g/mol. The first kappa shape index (κ1) is 12.6. The third-order valence-electron chi connectivity index (χ3n) is 3.44. The predicted octanol–water partition coefficient (Wildman–Crippen LogP) is 1.08. The van der Waals surface area contributed by atoms with Gasteiger partial charge in [0.25, 0.3) is 0 Å². The molecule has 2 aromatic rings. The van der Waals surface area contributed by atoms with Crippen LogP contribution >= 0.6 is 0 Å². The second-order valence-electron chi connectivity index (χ2n) is 4.87. The van der Waals surface area contributed by atoms with E-state index in [-0.39, 0.29) is 18.4 Å². The zero-order chi connectivity index (χ0) is 13.9. The first-order chi connectivity index (χ1) is 9.72. The highest BCUT2D eigenvalue weighted by Crippen LogP contribution is 2.15. The van der Waals surface area contributed by atoms with E-state index in [1.54, 1.807) is 11.1 Å². The summed E-state index contributed by atoms with van der Waals surface area (Å²) in [6.45, 7) is 1.09. The van der Waals surface area contributed by atoms with Gasteiger partial charge in [0.2, 0.25) is 11.8 Å². The molecule has 0 unspecified atom stereocenters. The normalized spacial score (nSPS) is 16.1. The standard InChI is InChI=1S/C15H15N3O2/c19-14-5-7-18(15(20)9-17-14)10-11-3-4-13-12(8-11)2-1-6-16-13/h1-4,6,8H,5,7,9-10H2,(H,17,19). The molecule has 2 amide bonds. The van der Waals surface area contributed by atoms with Gasteiger partial charge < -0.3 is 10.2 Å². The van der Waals surface area contributed by atoms with E-state index in [1.165, 1.54) is 0 Å². The zero-order valence-corrected chi connectivity index (χ0v) is 11.0. The fourth-order valence-corrected chi connectivity index (χ4v) is 2.35. The first-order valence-corrected chi connectivity index (χ1v) is 6.60. The predicted molar refractivity (Wildman–Crippen MR) is 74.8 cm³/mol. The van der Waals surface area contributed by atoms with Crippen molar-refractivity contribution < 1.29 is 9.59 Å². The van der Waals surface area contributed by atoms with Crippen molar-refractivity contribution in [3.63, 3.8) is 0 Å². The van der Waals surface area contributed by atoms with Gasteiger partial charge in [0, 0.05) is 31.1 Å². The fourth-order valence-electron chi connectivity index (χ4n) is 2.35. The third-order valence-corrected chi connectivity index (χ3v) is 3.44. The Morgan fingerprint density at radius 2 is 2.15 bits per heavy atom. The van der Waals surface area contributed by atoms with Crippen LogP contribution in [0.25, 0.3) is 10.9 Å². The highest BCUT2D eigenvalue weighted by atomic mass is 16.2. The molecule has 0 saturated carbocycles. The van der Waals surface area contributed by atoms with E-state index >= 15 is 0 Å². The number of pyridine rings is 1. The van der Waals surface area contributed by atoms with Crippen molar-refractivity contribution in [3.05, 3.63) is 42.1 Å². The number of benzene rings is 1. The monoisotopic (exact) mass is 269 g/mol. The molecule has 1 aliphatic rings. The van der Waals surface area contributed by atoms with Gasteiger partial charge in [-0.25, -0.2) is 0 Å². The summed E-state index contributed by atoms with van der Waals surface area (Å²) in [6, 6.07) is 9.86. The molecule has 1 saturated heterocycles. The average Bonchev–Trinajstić information content (AvgIpc) is 2.63. The van der Waals surface area contributed by atoms with Crippen molar-refractivity contribution in [3.8, 4) is 0 Å². The molecule has 3 rings (SSSR count). The Labute approximate surface area is 116 Å². The molecule has 102 valence electrons. The Kier molecular flexibility index (Phi) is 3.33. The molecule has 0 bridgehead atoms. The third kappa shape index (κ3) is 2.61. The molecule has 2 heterocycles. The molecule has 5 nitrogen and oxygen atoms in total. The molecule has 0 atom stereocenters. The van der Waals surface area contributed by atoms with Gasteiger partial charge in [0.1, 0.15) is 0 Å². The van der Waals surface area contributed by atoms with Crippen molar-refractivity contribution in [1.82, 2.24) is 15.2 Å². The van der Waals surface area contributed by atoms with E-state index in [0.717, 1.165) is 16.5 Å². The quantitative estimate of drug-likeness (QED) is 0.887. The topological polar surface area (TPSA) is 62.3 Å². The lowest BCUT2D eigenvalue weighted by Gasteiger charge is -2.19. The lowest BCUT2D eigenvalue weighted by molar-refractivity contribution is -0.130. The Morgan fingerprint density at radius 3 is 3.05 bits per heavy atom. The van der Waals surface area contributed by atoms with Crippen molar-refractivity contribution in [2.45, 2.75) is 13.0 Å². The Balaban J connectivity index is 1.81. The van der Waals surface area contributed by atoms with Gasteiger partial charge in [0.05, 0.1) is 12.1 Å².